The number of nitrogens with one attached hydrogen (secondary N) is 1. The third-order valence-corrected chi connectivity index (χ3v) is 7.22. The van der Waals surface area contributed by atoms with Crippen molar-refractivity contribution in [3.05, 3.63) is 47.5 Å². The van der Waals surface area contributed by atoms with Crippen LogP contribution in [0.25, 0.3) is 0 Å². The van der Waals surface area contributed by atoms with Gasteiger partial charge in [0.25, 0.3) is 0 Å². The standard InChI is InChI=1S/C29H36F3N3O6/c1-18-13-35(19(2)16-36)28(38)12-21-11-22(33-27(37)8-9-29(30,31)32)5-7-23(21)41-26(18)15-34(3)14-20-4-6-24-25(10-20)40-17-39-24/h4-7,10-11,18-19,26,36H,8-9,12-17H2,1-3H3,(H,33,37)/t18-,19-,26-/m0/s1. The molecule has 41 heavy (non-hydrogen) atoms. The van der Waals surface area contributed by atoms with Gasteiger partial charge in [-0.1, -0.05) is 13.0 Å². The molecule has 224 valence electrons. The number of amides is 2. The highest BCUT2D eigenvalue weighted by molar-refractivity contribution is 5.91. The Morgan fingerprint density at radius 3 is 2.63 bits per heavy atom. The summed E-state index contributed by atoms with van der Waals surface area (Å²) in [6.07, 6.45) is -6.76. The Morgan fingerprint density at radius 1 is 1.17 bits per heavy atom. The number of hydrogen-bond acceptors (Lipinski definition) is 7. The van der Waals surface area contributed by atoms with Crippen molar-refractivity contribution < 1.29 is 42.1 Å². The number of rotatable bonds is 9. The van der Waals surface area contributed by atoms with Crippen molar-refractivity contribution in [2.75, 3.05) is 38.9 Å². The van der Waals surface area contributed by atoms with Gasteiger partial charge < -0.3 is 29.5 Å². The molecule has 2 heterocycles. The zero-order valence-corrected chi connectivity index (χ0v) is 23.4. The van der Waals surface area contributed by atoms with Crippen molar-refractivity contribution in [2.24, 2.45) is 5.92 Å². The third kappa shape index (κ3) is 8.26. The summed E-state index contributed by atoms with van der Waals surface area (Å²) in [5.41, 5.74) is 1.80. The van der Waals surface area contributed by atoms with Crippen molar-refractivity contribution in [1.29, 1.82) is 0 Å². The van der Waals surface area contributed by atoms with Gasteiger partial charge in [-0.05, 0) is 49.9 Å². The van der Waals surface area contributed by atoms with Crippen LogP contribution in [0.3, 0.4) is 0 Å². The molecule has 4 rings (SSSR count). The average molecular weight is 580 g/mol. The van der Waals surface area contributed by atoms with Crippen LogP contribution >= 0.6 is 0 Å². The molecular weight excluding hydrogens is 543 g/mol. The number of benzene rings is 2. The van der Waals surface area contributed by atoms with Crippen LogP contribution in [0.4, 0.5) is 18.9 Å². The molecule has 2 aromatic carbocycles. The fourth-order valence-electron chi connectivity index (χ4n) is 4.93. The van der Waals surface area contributed by atoms with Crippen molar-refractivity contribution in [3.8, 4) is 17.2 Å². The van der Waals surface area contributed by atoms with Gasteiger partial charge in [0, 0.05) is 43.2 Å². The second-order valence-electron chi connectivity index (χ2n) is 10.8. The van der Waals surface area contributed by atoms with E-state index >= 15 is 0 Å². The Morgan fingerprint density at radius 2 is 1.90 bits per heavy atom. The number of aliphatic hydroxyl groups is 1. The number of ether oxygens (including phenoxy) is 3. The maximum Gasteiger partial charge on any atom is 0.389 e. The topological polar surface area (TPSA) is 101 Å². The second kappa shape index (κ2) is 13.0. The number of halogens is 3. The fraction of sp³-hybridized carbons (Fsp3) is 0.517. The molecule has 0 radical (unpaired) electrons. The van der Waals surface area contributed by atoms with Crippen molar-refractivity contribution in [2.45, 2.75) is 58.0 Å². The van der Waals surface area contributed by atoms with Gasteiger partial charge >= 0.3 is 6.18 Å². The highest BCUT2D eigenvalue weighted by atomic mass is 19.4. The number of anilines is 1. The van der Waals surface area contributed by atoms with Gasteiger partial charge in [-0.25, -0.2) is 0 Å². The minimum absolute atomic E-state index is 0.0571. The van der Waals surface area contributed by atoms with E-state index in [4.69, 9.17) is 14.2 Å². The summed E-state index contributed by atoms with van der Waals surface area (Å²) in [6, 6.07) is 10.1. The molecule has 2 aliphatic heterocycles. The highest BCUT2D eigenvalue weighted by Gasteiger charge is 2.32. The van der Waals surface area contributed by atoms with Crippen LogP contribution in [0.15, 0.2) is 36.4 Å². The monoisotopic (exact) mass is 579 g/mol. The van der Waals surface area contributed by atoms with Gasteiger partial charge in [0.05, 0.1) is 25.5 Å². The maximum atomic E-state index is 13.4. The SMILES string of the molecule is C[C@H]1CN([C@@H](C)CO)C(=O)Cc2cc(NC(=O)CCC(F)(F)F)ccc2O[C@H]1CN(C)Cc1ccc2c(c1)OCO2. The average Bonchev–Trinajstić information content (AvgIpc) is 3.39. The molecule has 2 aromatic rings. The van der Waals surface area contributed by atoms with Crippen LogP contribution in [0, 0.1) is 5.92 Å². The number of nitrogens with zero attached hydrogens (tertiary/aromatic N) is 2. The number of fused-ring (bicyclic) bond motifs is 2. The minimum Gasteiger partial charge on any atom is -0.488 e. The number of alkyl halides is 3. The normalized spacial score (nSPS) is 19.6. The van der Waals surface area contributed by atoms with Gasteiger partial charge in [0.1, 0.15) is 11.9 Å². The minimum atomic E-state index is -4.43. The molecule has 0 aromatic heterocycles. The summed E-state index contributed by atoms with van der Waals surface area (Å²) in [6.45, 7) is 5.22. The summed E-state index contributed by atoms with van der Waals surface area (Å²) >= 11 is 0. The number of likely N-dealkylation sites (N-methyl/N-ethyl adjacent to an activating group) is 1. The van der Waals surface area contributed by atoms with E-state index in [-0.39, 0.29) is 43.4 Å². The largest absolute Gasteiger partial charge is 0.488 e. The van der Waals surface area contributed by atoms with Crippen LogP contribution < -0.4 is 19.5 Å². The van der Waals surface area contributed by atoms with Crippen molar-refractivity contribution >= 4 is 17.5 Å². The Bertz CT molecular complexity index is 1240. The van der Waals surface area contributed by atoms with Crippen LogP contribution in [-0.4, -0.2) is 78.6 Å². The first-order valence-electron chi connectivity index (χ1n) is 13.6. The Labute approximate surface area is 237 Å². The molecule has 0 unspecified atom stereocenters. The number of carbonyl (C=O) groups is 2. The molecule has 9 nitrogen and oxygen atoms in total. The second-order valence-corrected chi connectivity index (χ2v) is 10.8. The summed E-state index contributed by atoms with van der Waals surface area (Å²) in [7, 11) is 1.97. The number of aliphatic hydroxyl groups excluding tert-OH is 1. The van der Waals surface area contributed by atoms with Gasteiger partial charge in [0.2, 0.25) is 18.6 Å². The lowest BCUT2D eigenvalue weighted by Gasteiger charge is -2.34. The fourth-order valence-corrected chi connectivity index (χ4v) is 4.93. The van der Waals surface area contributed by atoms with E-state index in [0.717, 1.165) is 5.56 Å². The van der Waals surface area contributed by atoms with Crippen molar-refractivity contribution in [3.63, 3.8) is 0 Å². The lowest BCUT2D eigenvalue weighted by Crippen LogP contribution is -2.47. The van der Waals surface area contributed by atoms with Crippen LogP contribution in [0.2, 0.25) is 0 Å². The lowest BCUT2D eigenvalue weighted by molar-refractivity contribution is -0.142. The Kier molecular flexibility index (Phi) is 9.64. The summed E-state index contributed by atoms with van der Waals surface area (Å²) in [5, 5.41) is 12.3. The van der Waals surface area contributed by atoms with Crippen LogP contribution in [-0.2, 0) is 22.6 Å². The summed E-state index contributed by atoms with van der Waals surface area (Å²) in [4.78, 5) is 29.2. The van der Waals surface area contributed by atoms with Gasteiger partial charge in [-0.2, -0.15) is 13.2 Å². The zero-order valence-electron chi connectivity index (χ0n) is 23.4. The molecule has 0 bridgehead atoms. The first kappa shape index (κ1) is 30.4. The van der Waals surface area contributed by atoms with E-state index in [2.05, 4.69) is 10.2 Å². The van der Waals surface area contributed by atoms with Crippen molar-refractivity contribution in [1.82, 2.24) is 9.80 Å². The Hall–Kier alpha value is -3.51. The molecule has 0 saturated carbocycles. The van der Waals surface area contributed by atoms with Gasteiger partial charge in [-0.15, -0.1) is 0 Å². The predicted octanol–water partition coefficient (Wildman–Crippen LogP) is 3.98. The molecule has 0 spiro atoms. The van der Waals surface area contributed by atoms with E-state index in [0.29, 0.717) is 42.4 Å². The molecule has 2 N–H and O–H groups in total. The smallest absolute Gasteiger partial charge is 0.389 e. The molecule has 3 atom stereocenters. The molecular formula is C29H36F3N3O6. The van der Waals surface area contributed by atoms with E-state index in [9.17, 15) is 27.9 Å². The highest BCUT2D eigenvalue weighted by Crippen LogP contribution is 2.33. The number of carbonyl (C=O) groups excluding carboxylic acids is 2. The van der Waals surface area contributed by atoms with E-state index in [1.165, 1.54) is 0 Å². The van der Waals surface area contributed by atoms with E-state index in [1.807, 2.05) is 32.2 Å². The third-order valence-electron chi connectivity index (χ3n) is 7.22. The quantitative estimate of drug-likeness (QED) is 0.464. The van der Waals surface area contributed by atoms with Gasteiger partial charge in [0.15, 0.2) is 11.5 Å². The summed E-state index contributed by atoms with van der Waals surface area (Å²) < 4.78 is 55.0. The predicted molar refractivity (Wildman–Crippen MR) is 145 cm³/mol. The first-order valence-corrected chi connectivity index (χ1v) is 13.6. The first-order chi connectivity index (χ1) is 19.4. The van der Waals surface area contributed by atoms with Crippen LogP contribution in [0.1, 0.15) is 37.8 Å². The molecule has 12 heteroatoms. The molecule has 2 amide bonds. The Balaban J connectivity index is 1.54. The molecule has 0 saturated heterocycles. The van der Waals surface area contributed by atoms with Crippen LogP contribution in [0.5, 0.6) is 17.2 Å². The molecule has 0 fully saturated rings. The van der Waals surface area contributed by atoms with E-state index < -0.39 is 31.0 Å². The summed E-state index contributed by atoms with van der Waals surface area (Å²) in [5.74, 6) is 0.756. The van der Waals surface area contributed by atoms with Gasteiger partial charge in [-0.3, -0.25) is 14.5 Å². The number of hydrogen-bond donors (Lipinski definition) is 2. The molecule has 0 aliphatic carbocycles. The maximum absolute atomic E-state index is 13.4. The van der Waals surface area contributed by atoms with E-state index in [1.54, 1.807) is 30.0 Å². The lowest BCUT2D eigenvalue weighted by atomic mass is 10.0. The zero-order chi connectivity index (χ0) is 29.7. The molecule has 2 aliphatic rings.